The number of aromatic nitrogens is 3. The van der Waals surface area contributed by atoms with Crippen LogP contribution in [0.5, 0.6) is 0 Å². The van der Waals surface area contributed by atoms with Crippen molar-refractivity contribution in [3.8, 4) is 0 Å². The normalized spacial score (nSPS) is 15.9. The summed E-state index contributed by atoms with van der Waals surface area (Å²) in [6.07, 6.45) is 6.93. The molecule has 7 heteroatoms. The monoisotopic (exact) mass is 280 g/mol. The van der Waals surface area contributed by atoms with Crippen LogP contribution < -0.4 is 11.1 Å². The smallest absolute Gasteiger partial charge is 0.241 e. The van der Waals surface area contributed by atoms with Gasteiger partial charge in [-0.1, -0.05) is 18.1 Å². The van der Waals surface area contributed by atoms with Crippen LogP contribution in [0.25, 0.3) is 0 Å². The van der Waals surface area contributed by atoms with E-state index in [2.05, 4.69) is 27.6 Å². The van der Waals surface area contributed by atoms with Gasteiger partial charge in [0.25, 0.3) is 0 Å². The maximum atomic E-state index is 11.8. The molecule has 0 atom stereocenters. The van der Waals surface area contributed by atoms with Gasteiger partial charge >= 0.3 is 0 Å². The van der Waals surface area contributed by atoms with Gasteiger partial charge in [0.15, 0.2) is 0 Å². The van der Waals surface area contributed by atoms with Crippen LogP contribution in [-0.2, 0) is 17.9 Å². The third-order valence-corrected chi connectivity index (χ3v) is 3.84. The molecule has 0 aliphatic heterocycles. The first-order chi connectivity index (χ1) is 9.69. The zero-order valence-corrected chi connectivity index (χ0v) is 12.1. The minimum Gasteiger partial charge on any atom is -0.353 e. The van der Waals surface area contributed by atoms with Crippen LogP contribution in [0, 0.1) is 0 Å². The van der Waals surface area contributed by atoms with Crippen LogP contribution in [0.4, 0.5) is 0 Å². The first-order valence-corrected chi connectivity index (χ1v) is 7.25. The zero-order valence-electron chi connectivity index (χ0n) is 12.1. The number of nitrogens with one attached hydrogen (secondary N) is 1. The molecule has 1 fully saturated rings. The van der Waals surface area contributed by atoms with Crippen LogP contribution >= 0.6 is 0 Å². The third kappa shape index (κ3) is 4.28. The number of rotatable bonds is 7. The topological polar surface area (TPSA) is 89.1 Å². The van der Waals surface area contributed by atoms with E-state index in [0.29, 0.717) is 24.8 Å². The van der Waals surface area contributed by atoms with E-state index in [1.807, 2.05) is 0 Å². The predicted molar refractivity (Wildman–Crippen MR) is 75.8 cm³/mol. The number of amides is 1. The van der Waals surface area contributed by atoms with Crippen LogP contribution in [-0.4, -0.2) is 52.0 Å². The van der Waals surface area contributed by atoms with Gasteiger partial charge in [-0.2, -0.15) is 0 Å². The standard InChI is InChI=1S/C13H24N6O/c1-18(12-4-2-3-5-12)7-6-15-13(20)10-19-9-11(8-14)16-17-19/h9,12H,2-8,10,14H2,1H3,(H,15,20). The van der Waals surface area contributed by atoms with E-state index in [9.17, 15) is 4.79 Å². The Morgan fingerprint density at radius 2 is 2.30 bits per heavy atom. The van der Waals surface area contributed by atoms with E-state index in [0.717, 1.165) is 6.54 Å². The molecule has 1 heterocycles. The number of hydrogen-bond donors (Lipinski definition) is 2. The maximum absolute atomic E-state index is 11.8. The zero-order chi connectivity index (χ0) is 14.4. The molecular formula is C13H24N6O. The summed E-state index contributed by atoms with van der Waals surface area (Å²) in [4.78, 5) is 14.1. The molecule has 1 amide bonds. The van der Waals surface area contributed by atoms with Crippen LogP contribution in [0.3, 0.4) is 0 Å². The van der Waals surface area contributed by atoms with Crippen molar-refractivity contribution in [3.05, 3.63) is 11.9 Å². The highest BCUT2D eigenvalue weighted by Crippen LogP contribution is 2.21. The van der Waals surface area contributed by atoms with Crippen molar-refractivity contribution in [2.75, 3.05) is 20.1 Å². The summed E-state index contributed by atoms with van der Waals surface area (Å²) < 4.78 is 1.51. The van der Waals surface area contributed by atoms with Gasteiger partial charge in [0.05, 0.1) is 11.9 Å². The Labute approximate surface area is 119 Å². The second-order valence-corrected chi connectivity index (χ2v) is 5.38. The SMILES string of the molecule is CN(CCNC(=O)Cn1cc(CN)nn1)C1CCCC1. The second kappa shape index (κ2) is 7.35. The number of likely N-dealkylation sites (N-methyl/N-ethyl adjacent to an activating group) is 1. The lowest BCUT2D eigenvalue weighted by Crippen LogP contribution is -2.38. The largest absolute Gasteiger partial charge is 0.353 e. The van der Waals surface area contributed by atoms with E-state index in [1.54, 1.807) is 6.20 Å². The Hall–Kier alpha value is -1.47. The Morgan fingerprint density at radius 1 is 1.55 bits per heavy atom. The van der Waals surface area contributed by atoms with E-state index < -0.39 is 0 Å². The predicted octanol–water partition coefficient (Wildman–Crippen LogP) is -0.273. The Bertz CT molecular complexity index is 426. The Morgan fingerprint density at radius 3 is 2.95 bits per heavy atom. The van der Waals surface area contributed by atoms with Crippen molar-refractivity contribution < 1.29 is 4.79 Å². The summed E-state index contributed by atoms with van der Waals surface area (Å²) in [6.45, 7) is 2.10. The highest BCUT2D eigenvalue weighted by Gasteiger charge is 2.18. The third-order valence-electron chi connectivity index (χ3n) is 3.84. The number of carbonyl (C=O) groups excluding carboxylic acids is 1. The Kier molecular flexibility index (Phi) is 5.49. The van der Waals surface area contributed by atoms with E-state index >= 15 is 0 Å². The fourth-order valence-corrected chi connectivity index (χ4v) is 2.61. The van der Waals surface area contributed by atoms with Crippen molar-refractivity contribution in [1.82, 2.24) is 25.2 Å². The Balaban J connectivity index is 1.64. The fourth-order valence-electron chi connectivity index (χ4n) is 2.61. The van der Waals surface area contributed by atoms with Crippen molar-refractivity contribution in [2.24, 2.45) is 5.73 Å². The van der Waals surface area contributed by atoms with Gasteiger partial charge in [0.1, 0.15) is 6.54 Å². The lowest BCUT2D eigenvalue weighted by Gasteiger charge is -2.23. The molecule has 0 unspecified atom stereocenters. The highest BCUT2D eigenvalue weighted by molar-refractivity contribution is 5.75. The summed E-state index contributed by atoms with van der Waals surface area (Å²) in [5.74, 6) is -0.0432. The molecule has 1 aliphatic carbocycles. The number of nitrogens with two attached hydrogens (primary N) is 1. The minimum atomic E-state index is -0.0432. The molecule has 0 bridgehead atoms. The van der Waals surface area contributed by atoms with Gasteiger partial charge in [-0.05, 0) is 19.9 Å². The summed E-state index contributed by atoms with van der Waals surface area (Å²) in [7, 11) is 2.13. The molecule has 20 heavy (non-hydrogen) atoms. The highest BCUT2D eigenvalue weighted by atomic mass is 16.2. The van der Waals surface area contributed by atoms with Gasteiger partial charge in [0, 0.05) is 25.7 Å². The summed E-state index contributed by atoms with van der Waals surface area (Å²) >= 11 is 0. The van der Waals surface area contributed by atoms with Gasteiger partial charge in [-0.3, -0.25) is 4.79 Å². The average molecular weight is 280 g/mol. The van der Waals surface area contributed by atoms with Gasteiger partial charge in [-0.25, -0.2) is 4.68 Å². The molecular weight excluding hydrogens is 256 g/mol. The summed E-state index contributed by atoms with van der Waals surface area (Å²) in [6, 6.07) is 0.689. The molecule has 112 valence electrons. The molecule has 7 nitrogen and oxygen atoms in total. The quantitative estimate of drug-likeness (QED) is 0.717. The van der Waals surface area contributed by atoms with Crippen molar-refractivity contribution >= 4 is 5.91 Å². The molecule has 1 aromatic rings. The van der Waals surface area contributed by atoms with Crippen LogP contribution in [0.1, 0.15) is 31.4 Å². The van der Waals surface area contributed by atoms with Crippen LogP contribution in [0.2, 0.25) is 0 Å². The first-order valence-electron chi connectivity index (χ1n) is 7.25. The van der Waals surface area contributed by atoms with Crippen molar-refractivity contribution in [3.63, 3.8) is 0 Å². The lowest BCUT2D eigenvalue weighted by atomic mass is 10.2. The molecule has 1 saturated carbocycles. The number of carbonyl (C=O) groups is 1. The molecule has 1 aliphatic rings. The van der Waals surface area contributed by atoms with Gasteiger partial charge in [0.2, 0.25) is 5.91 Å². The van der Waals surface area contributed by atoms with E-state index in [-0.39, 0.29) is 12.5 Å². The first kappa shape index (κ1) is 14.9. The molecule has 0 saturated heterocycles. The number of nitrogens with zero attached hydrogens (tertiary/aromatic N) is 4. The molecule has 0 spiro atoms. The minimum absolute atomic E-state index is 0.0432. The maximum Gasteiger partial charge on any atom is 0.241 e. The van der Waals surface area contributed by atoms with Crippen molar-refractivity contribution in [2.45, 2.75) is 44.8 Å². The van der Waals surface area contributed by atoms with E-state index in [1.165, 1.54) is 30.4 Å². The molecule has 0 aromatic carbocycles. The van der Waals surface area contributed by atoms with Crippen LogP contribution in [0.15, 0.2) is 6.20 Å². The second-order valence-electron chi connectivity index (χ2n) is 5.38. The van der Waals surface area contributed by atoms with E-state index in [4.69, 9.17) is 5.73 Å². The summed E-state index contributed by atoms with van der Waals surface area (Å²) in [5.41, 5.74) is 6.14. The average Bonchev–Trinajstić information content (AvgIpc) is 3.09. The molecule has 3 N–H and O–H groups in total. The molecule has 2 rings (SSSR count). The molecule has 0 radical (unpaired) electrons. The fraction of sp³-hybridized carbons (Fsp3) is 0.769. The lowest BCUT2D eigenvalue weighted by molar-refractivity contribution is -0.121. The van der Waals surface area contributed by atoms with Crippen molar-refractivity contribution in [1.29, 1.82) is 0 Å². The number of hydrogen-bond acceptors (Lipinski definition) is 5. The van der Waals surface area contributed by atoms with Gasteiger partial charge < -0.3 is 16.0 Å². The van der Waals surface area contributed by atoms with Gasteiger partial charge in [-0.15, -0.1) is 5.10 Å². The molecule has 1 aromatic heterocycles. The summed E-state index contributed by atoms with van der Waals surface area (Å²) in [5, 5.41) is 10.6.